The highest BCUT2D eigenvalue weighted by atomic mass is 32.2. The standard InChI is InChI=1S/C24H46O4S/c1-11-13-15-17-23(9,19(25)27-21(3,4)5)29-24(10,18-16-14-12-2)20(26)28-22(6,7)8/h11-18H2,1-10H3. The molecule has 0 aliphatic rings. The number of carbonyl (C=O) groups excluding carboxylic acids is 2. The highest BCUT2D eigenvalue weighted by Crippen LogP contribution is 2.45. The monoisotopic (exact) mass is 430 g/mol. The fourth-order valence-electron chi connectivity index (χ4n) is 3.08. The van der Waals surface area contributed by atoms with Gasteiger partial charge in [-0.1, -0.05) is 52.4 Å². The number of rotatable bonds is 12. The molecule has 29 heavy (non-hydrogen) atoms. The molecule has 2 unspecified atom stereocenters. The van der Waals surface area contributed by atoms with Crippen LogP contribution in [0.1, 0.15) is 121 Å². The summed E-state index contributed by atoms with van der Waals surface area (Å²) in [6, 6.07) is 0. The van der Waals surface area contributed by atoms with Gasteiger partial charge in [0, 0.05) is 0 Å². The van der Waals surface area contributed by atoms with Crippen molar-refractivity contribution in [2.45, 2.75) is 141 Å². The van der Waals surface area contributed by atoms with Gasteiger partial charge in [-0.25, -0.2) is 0 Å². The maximum Gasteiger partial charge on any atom is 0.322 e. The Morgan fingerprint density at radius 1 is 0.621 bits per heavy atom. The van der Waals surface area contributed by atoms with E-state index in [0.717, 1.165) is 38.5 Å². The van der Waals surface area contributed by atoms with Gasteiger partial charge in [0.05, 0.1) is 0 Å². The molecule has 0 aromatic rings. The van der Waals surface area contributed by atoms with Crippen LogP contribution in [-0.2, 0) is 19.1 Å². The molecule has 0 aromatic carbocycles. The van der Waals surface area contributed by atoms with E-state index in [-0.39, 0.29) is 11.9 Å². The van der Waals surface area contributed by atoms with Gasteiger partial charge in [0.25, 0.3) is 0 Å². The molecule has 0 rings (SSSR count). The Bertz CT molecular complexity index is 472. The summed E-state index contributed by atoms with van der Waals surface area (Å²) in [6.45, 7) is 19.5. The quantitative estimate of drug-likeness (QED) is 0.244. The van der Waals surface area contributed by atoms with Gasteiger partial charge in [-0.05, 0) is 68.2 Å². The van der Waals surface area contributed by atoms with Crippen LogP contribution in [0.5, 0.6) is 0 Å². The van der Waals surface area contributed by atoms with Crippen molar-refractivity contribution in [1.82, 2.24) is 0 Å². The first-order valence-electron chi connectivity index (χ1n) is 11.3. The largest absolute Gasteiger partial charge is 0.459 e. The number of esters is 2. The van der Waals surface area contributed by atoms with Gasteiger partial charge in [-0.15, -0.1) is 11.8 Å². The number of thioether (sulfide) groups is 1. The fraction of sp³-hybridized carbons (Fsp3) is 0.917. The third-order valence-electron chi connectivity index (χ3n) is 4.63. The van der Waals surface area contributed by atoms with E-state index in [1.807, 2.05) is 55.4 Å². The van der Waals surface area contributed by atoms with Crippen molar-refractivity contribution in [3.05, 3.63) is 0 Å². The third-order valence-corrected chi connectivity index (χ3v) is 6.27. The zero-order chi connectivity index (χ0) is 22.9. The molecule has 4 nitrogen and oxygen atoms in total. The fourth-order valence-corrected chi connectivity index (χ4v) is 4.82. The number of unbranched alkanes of at least 4 members (excludes halogenated alkanes) is 4. The van der Waals surface area contributed by atoms with E-state index in [2.05, 4.69) is 13.8 Å². The molecular weight excluding hydrogens is 384 g/mol. The van der Waals surface area contributed by atoms with Crippen LogP contribution >= 0.6 is 11.8 Å². The molecule has 0 fully saturated rings. The Hall–Kier alpha value is -0.710. The number of ether oxygens (including phenoxy) is 2. The summed E-state index contributed by atoms with van der Waals surface area (Å²) in [4.78, 5) is 26.4. The molecule has 0 saturated heterocycles. The second-order valence-electron chi connectivity index (χ2n) is 10.5. The molecule has 0 aliphatic heterocycles. The molecule has 0 aromatic heterocycles. The molecule has 2 atom stereocenters. The lowest BCUT2D eigenvalue weighted by molar-refractivity contribution is -0.158. The molecular formula is C24H46O4S. The van der Waals surface area contributed by atoms with Crippen molar-refractivity contribution in [3.63, 3.8) is 0 Å². The van der Waals surface area contributed by atoms with E-state index in [1.165, 1.54) is 11.8 Å². The first kappa shape index (κ1) is 28.3. The molecule has 0 aliphatic carbocycles. The lowest BCUT2D eigenvalue weighted by atomic mass is 10.0. The smallest absolute Gasteiger partial charge is 0.322 e. The van der Waals surface area contributed by atoms with Crippen molar-refractivity contribution >= 4 is 23.7 Å². The third kappa shape index (κ3) is 11.3. The maximum absolute atomic E-state index is 13.2. The second-order valence-corrected chi connectivity index (χ2v) is 12.5. The van der Waals surface area contributed by atoms with Crippen LogP contribution in [0.2, 0.25) is 0 Å². The molecule has 0 bridgehead atoms. The lowest BCUT2D eigenvalue weighted by Crippen LogP contribution is -2.46. The topological polar surface area (TPSA) is 52.6 Å². The van der Waals surface area contributed by atoms with Gasteiger partial charge in [0.2, 0.25) is 0 Å². The van der Waals surface area contributed by atoms with E-state index in [4.69, 9.17) is 9.47 Å². The minimum absolute atomic E-state index is 0.239. The van der Waals surface area contributed by atoms with E-state index in [9.17, 15) is 9.59 Å². The Balaban J connectivity index is 5.80. The summed E-state index contributed by atoms with van der Waals surface area (Å²) < 4.78 is 9.97. The Labute approximate surface area is 184 Å². The van der Waals surface area contributed by atoms with E-state index < -0.39 is 20.7 Å². The normalized spacial score (nSPS) is 16.6. The molecule has 0 amide bonds. The Morgan fingerprint density at radius 2 is 0.931 bits per heavy atom. The summed E-state index contributed by atoms with van der Waals surface area (Å²) >= 11 is 1.44. The minimum Gasteiger partial charge on any atom is -0.459 e. The van der Waals surface area contributed by atoms with Crippen LogP contribution in [0.4, 0.5) is 0 Å². The van der Waals surface area contributed by atoms with Gasteiger partial charge >= 0.3 is 11.9 Å². The Morgan fingerprint density at radius 3 is 1.17 bits per heavy atom. The zero-order valence-corrected chi connectivity index (χ0v) is 21.5. The predicted molar refractivity (Wildman–Crippen MR) is 124 cm³/mol. The molecule has 0 spiro atoms. The average molecular weight is 431 g/mol. The van der Waals surface area contributed by atoms with Crippen LogP contribution in [-0.4, -0.2) is 32.6 Å². The van der Waals surface area contributed by atoms with Crippen LogP contribution in [0.25, 0.3) is 0 Å². The summed E-state index contributed by atoms with van der Waals surface area (Å²) in [5, 5.41) is 0. The van der Waals surface area contributed by atoms with Crippen molar-refractivity contribution in [2.75, 3.05) is 0 Å². The first-order valence-corrected chi connectivity index (χ1v) is 12.1. The van der Waals surface area contributed by atoms with E-state index in [1.54, 1.807) is 0 Å². The van der Waals surface area contributed by atoms with Crippen LogP contribution < -0.4 is 0 Å². The van der Waals surface area contributed by atoms with Gasteiger partial charge in [-0.3, -0.25) is 9.59 Å². The van der Waals surface area contributed by atoms with Gasteiger partial charge in [-0.2, -0.15) is 0 Å². The van der Waals surface area contributed by atoms with Crippen molar-refractivity contribution in [3.8, 4) is 0 Å². The summed E-state index contributed by atoms with van der Waals surface area (Å²) in [5.74, 6) is -0.479. The molecule has 0 saturated carbocycles. The minimum atomic E-state index is -0.791. The predicted octanol–water partition coefficient (Wildman–Crippen LogP) is 7.08. The van der Waals surface area contributed by atoms with Crippen molar-refractivity contribution in [2.24, 2.45) is 0 Å². The second kappa shape index (κ2) is 11.6. The van der Waals surface area contributed by atoms with Crippen LogP contribution in [0, 0.1) is 0 Å². The highest BCUT2D eigenvalue weighted by molar-refractivity contribution is 8.03. The molecule has 0 heterocycles. The van der Waals surface area contributed by atoms with Crippen LogP contribution in [0.15, 0.2) is 0 Å². The average Bonchev–Trinajstić information content (AvgIpc) is 2.52. The number of hydrogen-bond donors (Lipinski definition) is 0. The number of hydrogen-bond acceptors (Lipinski definition) is 5. The van der Waals surface area contributed by atoms with E-state index in [0.29, 0.717) is 12.8 Å². The summed E-state index contributed by atoms with van der Waals surface area (Å²) in [6.07, 6.45) is 7.50. The summed E-state index contributed by atoms with van der Waals surface area (Å²) in [5.41, 5.74) is -1.12. The molecule has 0 N–H and O–H groups in total. The van der Waals surface area contributed by atoms with Gasteiger partial charge < -0.3 is 9.47 Å². The lowest BCUT2D eigenvalue weighted by Gasteiger charge is -2.39. The zero-order valence-electron chi connectivity index (χ0n) is 20.7. The number of carbonyl (C=O) groups is 2. The molecule has 172 valence electrons. The molecule has 5 heteroatoms. The highest BCUT2D eigenvalue weighted by Gasteiger charge is 2.48. The van der Waals surface area contributed by atoms with Crippen LogP contribution in [0.3, 0.4) is 0 Å². The van der Waals surface area contributed by atoms with Gasteiger partial charge in [0.1, 0.15) is 20.7 Å². The Kier molecular flexibility index (Phi) is 11.3. The van der Waals surface area contributed by atoms with Crippen molar-refractivity contribution in [1.29, 1.82) is 0 Å². The van der Waals surface area contributed by atoms with E-state index >= 15 is 0 Å². The van der Waals surface area contributed by atoms with Gasteiger partial charge in [0.15, 0.2) is 0 Å². The molecule has 0 radical (unpaired) electrons. The van der Waals surface area contributed by atoms with Crippen molar-refractivity contribution < 1.29 is 19.1 Å². The first-order chi connectivity index (χ1) is 13.1. The maximum atomic E-state index is 13.2. The SMILES string of the molecule is CCCCCC(C)(SC(C)(CCCCC)C(=O)OC(C)(C)C)C(=O)OC(C)(C)C. The summed E-state index contributed by atoms with van der Waals surface area (Å²) in [7, 11) is 0.